The Kier molecular flexibility index (Phi) is 5.96. The molecule has 0 spiro atoms. The highest BCUT2D eigenvalue weighted by Crippen LogP contribution is 2.41. The van der Waals surface area contributed by atoms with Gasteiger partial charge in [-0.2, -0.15) is 23.7 Å². The lowest BCUT2D eigenvalue weighted by atomic mass is 9.76. The molecule has 0 bridgehead atoms. The van der Waals surface area contributed by atoms with E-state index in [9.17, 15) is 23.2 Å². The second-order valence-electron chi connectivity index (χ2n) is 7.08. The van der Waals surface area contributed by atoms with Crippen LogP contribution in [0, 0.1) is 22.7 Å². The largest absolute Gasteiger partial charge is 0.419 e. The van der Waals surface area contributed by atoms with Crippen molar-refractivity contribution in [3.05, 3.63) is 53.3 Å². The number of aldehydes is 1. The van der Waals surface area contributed by atoms with Crippen LogP contribution >= 0.6 is 12.2 Å². The molecule has 1 aromatic carbocycles. The van der Waals surface area contributed by atoms with Crippen LogP contribution in [0.5, 0.6) is 0 Å². The average Bonchev–Trinajstić information content (AvgIpc) is 2.74. The van der Waals surface area contributed by atoms with Gasteiger partial charge in [0.25, 0.3) is 0 Å². The summed E-state index contributed by atoms with van der Waals surface area (Å²) in [5.74, 6) is 0. The number of pyridine rings is 1. The molecule has 10 heteroatoms. The number of hydrogen-bond acceptors (Lipinski definition) is 5. The predicted molar refractivity (Wildman–Crippen MR) is 111 cm³/mol. The van der Waals surface area contributed by atoms with Gasteiger partial charge in [0.05, 0.1) is 28.7 Å². The molecule has 0 amide bonds. The van der Waals surface area contributed by atoms with Gasteiger partial charge in [0.15, 0.2) is 10.8 Å². The standard InChI is InChI=1S/C21H16F3N5OS/c1-28(15-9-16(21(22,23)24)17(11-26)27-12-15)19(31)29(20(13-30)7-4-8-20)18-6-3-2-5-14(18)10-25/h2-3,5-6,9,12-13H,4,7-8H2,1H3. The van der Waals surface area contributed by atoms with E-state index in [0.717, 1.165) is 25.0 Å². The minimum atomic E-state index is -4.78. The maximum Gasteiger partial charge on any atom is 0.419 e. The number of alkyl halides is 3. The van der Waals surface area contributed by atoms with Gasteiger partial charge in [-0.25, -0.2) is 4.98 Å². The van der Waals surface area contributed by atoms with E-state index in [0.29, 0.717) is 18.5 Å². The number of carbonyl (C=O) groups excluding carboxylic acids is 1. The summed E-state index contributed by atoms with van der Waals surface area (Å²) in [6.45, 7) is 0. The monoisotopic (exact) mass is 443 g/mol. The van der Waals surface area contributed by atoms with Crippen LogP contribution in [0.25, 0.3) is 0 Å². The molecule has 0 aliphatic heterocycles. The number of nitriles is 2. The third-order valence-corrected chi connectivity index (χ3v) is 5.76. The summed E-state index contributed by atoms with van der Waals surface area (Å²) >= 11 is 5.59. The van der Waals surface area contributed by atoms with Crippen LogP contribution in [-0.2, 0) is 11.0 Å². The van der Waals surface area contributed by atoms with Crippen molar-refractivity contribution in [3.63, 3.8) is 0 Å². The Labute approximate surface area is 182 Å². The van der Waals surface area contributed by atoms with Gasteiger partial charge in [-0.3, -0.25) is 0 Å². The number of hydrogen-bond donors (Lipinski definition) is 0. The molecule has 1 saturated carbocycles. The van der Waals surface area contributed by atoms with Gasteiger partial charge in [-0.15, -0.1) is 0 Å². The van der Waals surface area contributed by atoms with Crippen molar-refractivity contribution in [1.29, 1.82) is 10.5 Å². The first-order valence-electron chi connectivity index (χ1n) is 9.19. The molecule has 158 valence electrons. The van der Waals surface area contributed by atoms with Gasteiger partial charge in [-0.05, 0) is 49.7 Å². The second kappa shape index (κ2) is 8.32. The van der Waals surface area contributed by atoms with Crippen molar-refractivity contribution in [2.45, 2.75) is 31.0 Å². The number of carbonyl (C=O) groups is 1. The third kappa shape index (κ3) is 3.94. The van der Waals surface area contributed by atoms with Crippen LogP contribution in [0.15, 0.2) is 36.5 Å². The average molecular weight is 443 g/mol. The van der Waals surface area contributed by atoms with Gasteiger partial charge in [-0.1, -0.05) is 12.1 Å². The second-order valence-corrected chi connectivity index (χ2v) is 7.45. The van der Waals surface area contributed by atoms with E-state index < -0.39 is 23.0 Å². The van der Waals surface area contributed by atoms with E-state index in [1.165, 1.54) is 22.9 Å². The summed E-state index contributed by atoms with van der Waals surface area (Å²) in [5.41, 5.74) is -2.25. The topological polar surface area (TPSA) is 84.0 Å². The molecular formula is C21H16F3N5OS. The Morgan fingerprint density at radius 2 is 1.94 bits per heavy atom. The molecule has 3 rings (SSSR count). The molecule has 6 nitrogen and oxygen atoms in total. The Morgan fingerprint density at radius 1 is 1.26 bits per heavy atom. The lowest BCUT2D eigenvalue weighted by molar-refractivity contribution is -0.138. The normalized spacial score (nSPS) is 14.5. The molecule has 0 N–H and O–H groups in total. The van der Waals surface area contributed by atoms with E-state index in [2.05, 4.69) is 11.1 Å². The van der Waals surface area contributed by atoms with E-state index in [1.54, 1.807) is 24.3 Å². The molecular weight excluding hydrogens is 427 g/mol. The minimum Gasteiger partial charge on any atom is -0.320 e. The molecule has 1 fully saturated rings. The van der Waals surface area contributed by atoms with Crippen LogP contribution in [0.3, 0.4) is 0 Å². The van der Waals surface area contributed by atoms with Crippen molar-refractivity contribution in [2.75, 3.05) is 16.8 Å². The minimum absolute atomic E-state index is 0.00358. The molecule has 0 saturated heterocycles. The first kappa shape index (κ1) is 22.2. The number of para-hydroxylation sites is 1. The Balaban J connectivity index is 2.10. The quantitative estimate of drug-likeness (QED) is 0.517. The zero-order chi connectivity index (χ0) is 22.8. The molecule has 0 radical (unpaired) electrons. The van der Waals surface area contributed by atoms with Gasteiger partial charge in [0.1, 0.15) is 24.0 Å². The number of halogens is 3. The van der Waals surface area contributed by atoms with Crippen molar-refractivity contribution in [1.82, 2.24) is 4.98 Å². The molecule has 0 unspecified atom stereocenters. The van der Waals surface area contributed by atoms with Crippen molar-refractivity contribution >= 4 is 35.0 Å². The van der Waals surface area contributed by atoms with Gasteiger partial charge < -0.3 is 14.6 Å². The first-order chi connectivity index (χ1) is 14.7. The van der Waals surface area contributed by atoms with E-state index >= 15 is 0 Å². The number of rotatable bonds is 4. The van der Waals surface area contributed by atoms with Crippen LogP contribution in [-0.4, -0.2) is 29.0 Å². The zero-order valence-corrected chi connectivity index (χ0v) is 17.2. The smallest absolute Gasteiger partial charge is 0.320 e. The summed E-state index contributed by atoms with van der Waals surface area (Å²) in [4.78, 5) is 18.5. The summed E-state index contributed by atoms with van der Waals surface area (Å²) in [5, 5.41) is 18.5. The number of aromatic nitrogens is 1. The van der Waals surface area contributed by atoms with Crippen molar-refractivity contribution in [2.24, 2.45) is 0 Å². The third-order valence-electron chi connectivity index (χ3n) is 5.30. The summed E-state index contributed by atoms with van der Waals surface area (Å²) in [6, 6.07) is 10.9. The summed E-state index contributed by atoms with van der Waals surface area (Å²) in [7, 11) is 1.45. The highest BCUT2D eigenvalue weighted by molar-refractivity contribution is 7.80. The molecule has 2 aromatic rings. The number of benzene rings is 1. The molecule has 0 atom stereocenters. The molecule has 1 heterocycles. The summed E-state index contributed by atoms with van der Waals surface area (Å²) in [6.07, 6.45) is -1.15. The van der Waals surface area contributed by atoms with E-state index in [-0.39, 0.29) is 16.4 Å². The first-order valence-corrected chi connectivity index (χ1v) is 9.60. The predicted octanol–water partition coefficient (Wildman–Crippen LogP) is 4.19. The Morgan fingerprint density at radius 3 is 2.45 bits per heavy atom. The fourth-order valence-electron chi connectivity index (χ4n) is 3.43. The fourth-order valence-corrected chi connectivity index (χ4v) is 3.82. The Hall–Kier alpha value is -3.50. The molecule has 1 aliphatic carbocycles. The SMILES string of the molecule is CN(C(=S)N(c1ccccc1C#N)C1(C=O)CCC1)c1cnc(C#N)c(C(F)(F)F)c1. The number of anilines is 2. The highest BCUT2D eigenvalue weighted by Gasteiger charge is 2.46. The van der Waals surface area contributed by atoms with Gasteiger partial charge in [0, 0.05) is 7.05 Å². The van der Waals surface area contributed by atoms with Gasteiger partial charge >= 0.3 is 6.18 Å². The van der Waals surface area contributed by atoms with Crippen LogP contribution < -0.4 is 9.80 Å². The van der Waals surface area contributed by atoms with Crippen LogP contribution in [0.2, 0.25) is 0 Å². The lowest BCUT2D eigenvalue weighted by Gasteiger charge is -2.49. The lowest BCUT2D eigenvalue weighted by Crippen LogP contribution is -2.61. The summed E-state index contributed by atoms with van der Waals surface area (Å²) < 4.78 is 40.1. The molecule has 1 aromatic heterocycles. The molecule has 1 aliphatic rings. The highest BCUT2D eigenvalue weighted by atomic mass is 32.1. The maximum absolute atomic E-state index is 13.4. The van der Waals surface area contributed by atoms with Crippen molar-refractivity contribution in [3.8, 4) is 12.1 Å². The molecule has 31 heavy (non-hydrogen) atoms. The number of thiocarbonyl (C=S) groups is 1. The Bertz CT molecular complexity index is 1120. The van der Waals surface area contributed by atoms with E-state index in [4.69, 9.17) is 17.5 Å². The maximum atomic E-state index is 13.4. The zero-order valence-electron chi connectivity index (χ0n) is 16.3. The van der Waals surface area contributed by atoms with E-state index in [1.807, 2.05) is 0 Å². The van der Waals surface area contributed by atoms with Gasteiger partial charge in [0.2, 0.25) is 0 Å². The van der Waals surface area contributed by atoms with Crippen molar-refractivity contribution < 1.29 is 18.0 Å². The van der Waals surface area contributed by atoms with Crippen LogP contribution in [0.1, 0.15) is 36.1 Å². The van der Waals surface area contributed by atoms with Crippen LogP contribution in [0.4, 0.5) is 24.5 Å². The number of nitrogens with zero attached hydrogens (tertiary/aromatic N) is 5. The fraction of sp³-hybridized carbons (Fsp3) is 0.286.